The van der Waals surface area contributed by atoms with Crippen molar-refractivity contribution in [3.8, 4) is 0 Å². The van der Waals surface area contributed by atoms with Gasteiger partial charge in [-0.2, -0.15) is 0 Å². The number of rotatable bonds is 4. The lowest BCUT2D eigenvalue weighted by molar-refractivity contribution is -0.201. The third-order valence-corrected chi connectivity index (χ3v) is 3.04. The van der Waals surface area contributed by atoms with Crippen LogP contribution >= 0.6 is 0 Å². The summed E-state index contributed by atoms with van der Waals surface area (Å²) in [6, 6.07) is 0. The Morgan fingerprint density at radius 3 is 1.76 bits per heavy atom. The summed E-state index contributed by atoms with van der Waals surface area (Å²) in [6.45, 7) is 3.41. The Labute approximate surface area is 119 Å². The largest absolute Gasteiger partial charge is 0.865 e. The molecule has 0 saturated carbocycles. The first-order chi connectivity index (χ1) is 9.92. The second kappa shape index (κ2) is 5.43. The van der Waals surface area contributed by atoms with Gasteiger partial charge in [0.2, 0.25) is 5.92 Å². The SMILES string of the molecule is C=CCC1C(=O)O[B-]2(OC1=O)OC(=O)C(CC=C)C(=O)[OH+]2. The molecule has 0 aromatic carbocycles. The molecule has 0 bridgehead atoms. The topological polar surface area (TPSA) is 109 Å². The average molecular weight is 296 g/mol. The van der Waals surface area contributed by atoms with Crippen LogP contribution in [-0.2, 0) is 33.1 Å². The van der Waals surface area contributed by atoms with Crippen molar-refractivity contribution in [3.63, 3.8) is 0 Å². The Hall–Kier alpha value is -2.58. The maximum atomic E-state index is 11.8. The van der Waals surface area contributed by atoms with Gasteiger partial charge in [0.05, 0.1) is 0 Å². The molecule has 2 aliphatic rings. The molecule has 1 unspecified atom stereocenters. The van der Waals surface area contributed by atoms with E-state index in [-0.39, 0.29) is 12.8 Å². The standard InChI is InChI=1S/C12H13BO8/c1-3-5-7-9(14)18-13(19-10(7)15)20-11(16)8(6-4-2)12(17)21-13/h3-4,7-8,18H,1-2,5-6H2. The second-order valence-corrected chi connectivity index (χ2v) is 4.54. The number of hydrogen-bond donors (Lipinski definition) is 0. The summed E-state index contributed by atoms with van der Waals surface area (Å²) >= 11 is 0. The summed E-state index contributed by atoms with van der Waals surface area (Å²) in [5, 5.41) is 0. The maximum absolute atomic E-state index is 11.8. The molecule has 2 aliphatic heterocycles. The Morgan fingerprint density at radius 1 is 0.905 bits per heavy atom. The van der Waals surface area contributed by atoms with Crippen molar-refractivity contribution in [3.05, 3.63) is 25.3 Å². The van der Waals surface area contributed by atoms with E-state index in [2.05, 4.69) is 17.8 Å². The van der Waals surface area contributed by atoms with Crippen molar-refractivity contribution < 1.29 is 37.8 Å². The molecule has 0 amide bonds. The van der Waals surface area contributed by atoms with Crippen LogP contribution in [0.5, 0.6) is 0 Å². The van der Waals surface area contributed by atoms with E-state index in [0.717, 1.165) is 0 Å². The summed E-state index contributed by atoms with van der Waals surface area (Å²) in [6.07, 6.45) is 2.72. The van der Waals surface area contributed by atoms with Crippen molar-refractivity contribution in [2.45, 2.75) is 12.8 Å². The normalized spacial score (nSPS) is 31.8. The van der Waals surface area contributed by atoms with E-state index in [1.165, 1.54) is 12.2 Å². The number of hydrogen-bond acceptors (Lipinski definition) is 7. The molecule has 2 rings (SSSR count). The molecule has 1 N–H and O–H groups in total. The van der Waals surface area contributed by atoms with E-state index in [0.29, 0.717) is 0 Å². The quantitative estimate of drug-likeness (QED) is 0.298. The molecule has 112 valence electrons. The summed E-state index contributed by atoms with van der Waals surface area (Å²) in [5.74, 6) is -6.18. The minimum Gasteiger partial charge on any atom is -0.669 e. The summed E-state index contributed by atoms with van der Waals surface area (Å²) in [7, 11) is 0. The molecule has 21 heavy (non-hydrogen) atoms. The molecule has 2 heterocycles. The molecule has 8 nitrogen and oxygen atoms in total. The highest BCUT2D eigenvalue weighted by molar-refractivity contribution is 6.62. The minimum atomic E-state index is -3.39. The van der Waals surface area contributed by atoms with E-state index in [9.17, 15) is 19.2 Å². The van der Waals surface area contributed by atoms with E-state index in [1.807, 2.05) is 0 Å². The molecule has 0 aromatic heterocycles. The van der Waals surface area contributed by atoms with Crippen LogP contribution in [0.15, 0.2) is 25.3 Å². The van der Waals surface area contributed by atoms with Crippen LogP contribution < -0.4 is 0 Å². The first-order valence-electron chi connectivity index (χ1n) is 6.22. The lowest BCUT2D eigenvalue weighted by Gasteiger charge is -2.43. The minimum absolute atomic E-state index is 0.00477. The van der Waals surface area contributed by atoms with Gasteiger partial charge in [0.15, 0.2) is 0 Å². The van der Waals surface area contributed by atoms with Crippen molar-refractivity contribution in [2.24, 2.45) is 11.8 Å². The molecule has 2 fully saturated rings. The van der Waals surface area contributed by atoms with Gasteiger partial charge in [-0.1, -0.05) is 12.2 Å². The molecule has 9 heteroatoms. The molecular formula is C12H13BO8. The van der Waals surface area contributed by atoms with Crippen LogP contribution in [-0.4, -0.2) is 35.5 Å². The smallest absolute Gasteiger partial charge is 0.669 e. The summed E-state index contributed by atoms with van der Waals surface area (Å²) < 4.78 is 17.8. The lowest BCUT2D eigenvalue weighted by atomic mass is 9.92. The maximum Gasteiger partial charge on any atom is 0.865 e. The van der Waals surface area contributed by atoms with E-state index in [4.69, 9.17) is 14.0 Å². The number of allylic oxidation sites excluding steroid dienone is 2. The van der Waals surface area contributed by atoms with Gasteiger partial charge < -0.3 is 18.6 Å². The van der Waals surface area contributed by atoms with E-state index in [1.54, 1.807) is 0 Å². The van der Waals surface area contributed by atoms with Gasteiger partial charge in [-0.15, -0.1) is 13.2 Å². The third-order valence-electron chi connectivity index (χ3n) is 3.04. The lowest BCUT2D eigenvalue weighted by Crippen LogP contribution is -2.66. The molecular weight excluding hydrogens is 283 g/mol. The predicted molar refractivity (Wildman–Crippen MR) is 67.9 cm³/mol. The molecule has 2 saturated heterocycles. The monoisotopic (exact) mass is 296 g/mol. The Balaban J connectivity index is 2.19. The summed E-state index contributed by atoms with van der Waals surface area (Å²) in [5.41, 5.74) is 0. The molecule has 1 atom stereocenters. The van der Waals surface area contributed by atoms with Gasteiger partial charge in [0.1, 0.15) is 5.92 Å². The van der Waals surface area contributed by atoms with Gasteiger partial charge in [0.25, 0.3) is 17.9 Å². The van der Waals surface area contributed by atoms with Gasteiger partial charge >= 0.3 is 12.9 Å². The number of carbonyl (C=O) groups excluding carboxylic acids is 3. The Kier molecular flexibility index (Phi) is 3.83. The fraction of sp³-hybridized carbons (Fsp3) is 0.333. The van der Waals surface area contributed by atoms with Crippen molar-refractivity contribution in [1.82, 2.24) is 0 Å². The number of aliphatic carboxylic acids is 1. The van der Waals surface area contributed by atoms with Gasteiger partial charge in [0, 0.05) is 4.79 Å². The van der Waals surface area contributed by atoms with Gasteiger partial charge in [-0.25, -0.2) is 0 Å². The second-order valence-electron chi connectivity index (χ2n) is 4.54. The zero-order chi connectivity index (χ0) is 15.6. The van der Waals surface area contributed by atoms with E-state index < -0.39 is 42.7 Å². The first kappa shape index (κ1) is 14.8. The molecule has 0 aliphatic carbocycles. The molecule has 0 radical (unpaired) electrons. The fourth-order valence-corrected chi connectivity index (χ4v) is 2.00. The zero-order valence-electron chi connectivity index (χ0n) is 11.0. The fourth-order valence-electron chi connectivity index (χ4n) is 2.00. The van der Waals surface area contributed by atoms with E-state index >= 15 is 0 Å². The Bertz CT molecular complexity index is 452. The van der Waals surface area contributed by atoms with Crippen LogP contribution in [0, 0.1) is 11.8 Å². The highest BCUT2D eigenvalue weighted by atomic mass is 16.9. The number of carboxylic acids is 1. The third kappa shape index (κ3) is 2.67. The van der Waals surface area contributed by atoms with Crippen LogP contribution in [0.25, 0.3) is 0 Å². The highest BCUT2D eigenvalue weighted by Crippen LogP contribution is 2.29. The van der Waals surface area contributed by atoms with Crippen LogP contribution in [0.3, 0.4) is 0 Å². The zero-order valence-corrected chi connectivity index (χ0v) is 11.0. The van der Waals surface area contributed by atoms with Gasteiger partial charge in [-0.3, -0.25) is 14.4 Å². The van der Waals surface area contributed by atoms with Crippen molar-refractivity contribution >= 4 is 30.8 Å². The van der Waals surface area contributed by atoms with Crippen molar-refractivity contribution in [1.29, 1.82) is 0 Å². The van der Waals surface area contributed by atoms with Crippen LogP contribution in [0.2, 0.25) is 0 Å². The van der Waals surface area contributed by atoms with Crippen LogP contribution in [0.1, 0.15) is 12.8 Å². The Morgan fingerprint density at radius 2 is 1.33 bits per heavy atom. The molecule has 1 spiro atoms. The summed E-state index contributed by atoms with van der Waals surface area (Å²) in [4.78, 5) is 47.1. The number of carbonyl (C=O) groups is 4. The molecule has 0 aromatic rings. The van der Waals surface area contributed by atoms with Crippen molar-refractivity contribution in [2.75, 3.05) is 0 Å². The highest BCUT2D eigenvalue weighted by Gasteiger charge is 2.63. The van der Waals surface area contributed by atoms with Crippen LogP contribution in [0.4, 0.5) is 0 Å². The first-order valence-corrected chi connectivity index (χ1v) is 6.22. The predicted octanol–water partition coefficient (Wildman–Crippen LogP) is -0.482. The van der Waals surface area contributed by atoms with Gasteiger partial charge in [-0.05, 0) is 12.8 Å². The average Bonchev–Trinajstić information content (AvgIpc) is 2.38.